The van der Waals surface area contributed by atoms with Crippen molar-refractivity contribution in [3.8, 4) is 0 Å². The SMILES string of the molecule is CO/C(I)=C(\C)P(C(C)C)C(C)C. The molecule has 0 fully saturated rings. The second-order valence-electron chi connectivity index (χ2n) is 3.66. The van der Waals surface area contributed by atoms with Gasteiger partial charge in [0, 0.05) is 0 Å². The normalized spacial score (nSPS) is 14.0. The van der Waals surface area contributed by atoms with E-state index in [4.69, 9.17) is 4.74 Å². The summed E-state index contributed by atoms with van der Waals surface area (Å²) in [7, 11) is 1.71. The van der Waals surface area contributed by atoms with E-state index >= 15 is 0 Å². The largest absolute Gasteiger partial charge is 0.491 e. The van der Waals surface area contributed by atoms with E-state index in [2.05, 4.69) is 57.2 Å². The molecule has 13 heavy (non-hydrogen) atoms. The van der Waals surface area contributed by atoms with Crippen molar-refractivity contribution >= 4 is 30.5 Å². The zero-order chi connectivity index (χ0) is 10.6. The van der Waals surface area contributed by atoms with E-state index < -0.39 is 0 Å². The van der Waals surface area contributed by atoms with Crippen LogP contribution in [0.15, 0.2) is 9.08 Å². The number of halogens is 1. The van der Waals surface area contributed by atoms with Gasteiger partial charge in [0.2, 0.25) is 0 Å². The molecule has 0 saturated heterocycles. The molecule has 0 atom stereocenters. The van der Waals surface area contributed by atoms with Crippen molar-refractivity contribution in [1.82, 2.24) is 0 Å². The Labute approximate surface area is 97.2 Å². The van der Waals surface area contributed by atoms with E-state index in [9.17, 15) is 0 Å². The van der Waals surface area contributed by atoms with E-state index in [-0.39, 0.29) is 7.92 Å². The van der Waals surface area contributed by atoms with Crippen LogP contribution in [-0.2, 0) is 4.74 Å². The van der Waals surface area contributed by atoms with Crippen molar-refractivity contribution in [1.29, 1.82) is 0 Å². The van der Waals surface area contributed by atoms with Gasteiger partial charge in [0.05, 0.1) is 7.11 Å². The molecule has 0 unspecified atom stereocenters. The maximum atomic E-state index is 5.28. The summed E-state index contributed by atoms with van der Waals surface area (Å²) in [6.45, 7) is 11.4. The molecule has 0 radical (unpaired) electrons. The average molecular weight is 314 g/mol. The highest BCUT2D eigenvalue weighted by Gasteiger charge is 2.20. The molecular formula is C10H20IOP. The Balaban J connectivity index is 4.75. The van der Waals surface area contributed by atoms with Crippen LogP contribution in [-0.4, -0.2) is 18.4 Å². The molecule has 0 N–H and O–H groups in total. The van der Waals surface area contributed by atoms with E-state index in [1.807, 2.05) is 0 Å². The Hall–Kier alpha value is 0.700. The van der Waals surface area contributed by atoms with Crippen LogP contribution >= 0.6 is 30.5 Å². The molecule has 78 valence electrons. The highest BCUT2D eigenvalue weighted by atomic mass is 127. The van der Waals surface area contributed by atoms with Gasteiger partial charge in [-0.2, -0.15) is 0 Å². The summed E-state index contributed by atoms with van der Waals surface area (Å²) < 4.78 is 6.35. The minimum atomic E-state index is -0.0380. The van der Waals surface area contributed by atoms with Gasteiger partial charge in [0.15, 0.2) is 3.77 Å². The molecule has 0 aromatic rings. The van der Waals surface area contributed by atoms with E-state index in [0.717, 1.165) is 15.1 Å². The van der Waals surface area contributed by atoms with Crippen molar-refractivity contribution in [3.63, 3.8) is 0 Å². The third kappa shape index (κ3) is 4.16. The number of methoxy groups -OCH3 is 1. The fraction of sp³-hybridized carbons (Fsp3) is 0.800. The summed E-state index contributed by atoms with van der Waals surface area (Å²) in [5.74, 6) is 0. The number of ether oxygens (including phenoxy) is 1. The van der Waals surface area contributed by atoms with Crippen molar-refractivity contribution in [3.05, 3.63) is 9.08 Å². The number of hydrogen-bond donors (Lipinski definition) is 0. The third-order valence-electron chi connectivity index (χ3n) is 1.96. The Morgan fingerprint density at radius 2 is 1.54 bits per heavy atom. The molecule has 0 aliphatic rings. The summed E-state index contributed by atoms with van der Waals surface area (Å²) in [6, 6.07) is 0. The molecule has 0 rings (SSSR count). The lowest BCUT2D eigenvalue weighted by Crippen LogP contribution is -2.05. The first-order valence-corrected chi connectivity index (χ1v) is 7.16. The van der Waals surface area contributed by atoms with Crippen molar-refractivity contribution < 1.29 is 4.74 Å². The Kier molecular flexibility index (Phi) is 6.57. The molecule has 0 heterocycles. The van der Waals surface area contributed by atoms with Crippen molar-refractivity contribution in [2.75, 3.05) is 7.11 Å². The van der Waals surface area contributed by atoms with Crippen LogP contribution in [0.5, 0.6) is 0 Å². The zero-order valence-electron chi connectivity index (χ0n) is 9.39. The lowest BCUT2D eigenvalue weighted by atomic mass is 10.5. The lowest BCUT2D eigenvalue weighted by molar-refractivity contribution is 0.329. The highest BCUT2D eigenvalue weighted by molar-refractivity contribution is 14.1. The van der Waals surface area contributed by atoms with Crippen LogP contribution in [0.1, 0.15) is 34.6 Å². The smallest absolute Gasteiger partial charge is 0.159 e. The second-order valence-corrected chi connectivity index (χ2v) is 8.19. The summed E-state index contributed by atoms with van der Waals surface area (Å²) in [5.41, 5.74) is 1.49. The van der Waals surface area contributed by atoms with Crippen LogP contribution in [0, 0.1) is 0 Å². The molecular weight excluding hydrogens is 294 g/mol. The average Bonchev–Trinajstić information content (AvgIpc) is 2.01. The molecule has 0 aromatic carbocycles. The molecule has 0 amide bonds. The van der Waals surface area contributed by atoms with Gasteiger partial charge < -0.3 is 4.74 Å². The van der Waals surface area contributed by atoms with Crippen LogP contribution in [0.4, 0.5) is 0 Å². The number of allylic oxidation sites excluding steroid dienone is 1. The fourth-order valence-corrected chi connectivity index (χ4v) is 5.49. The maximum Gasteiger partial charge on any atom is 0.159 e. The molecule has 0 bridgehead atoms. The van der Waals surface area contributed by atoms with Crippen LogP contribution in [0.2, 0.25) is 0 Å². The maximum absolute atomic E-state index is 5.28. The first-order valence-electron chi connectivity index (χ1n) is 4.60. The zero-order valence-corrected chi connectivity index (χ0v) is 12.4. The molecule has 0 saturated carbocycles. The first-order chi connectivity index (χ1) is 5.91. The molecule has 0 aliphatic carbocycles. The number of hydrogen-bond acceptors (Lipinski definition) is 1. The third-order valence-corrected chi connectivity index (χ3v) is 6.84. The summed E-state index contributed by atoms with van der Waals surface area (Å²) in [5, 5.41) is 1.45. The fourth-order valence-electron chi connectivity index (χ4n) is 1.62. The van der Waals surface area contributed by atoms with E-state index in [0.29, 0.717) is 0 Å². The Morgan fingerprint density at radius 1 is 1.15 bits per heavy atom. The molecule has 1 nitrogen and oxygen atoms in total. The molecule has 0 aliphatic heterocycles. The van der Waals surface area contributed by atoms with Crippen molar-refractivity contribution in [2.24, 2.45) is 0 Å². The monoisotopic (exact) mass is 314 g/mol. The quantitative estimate of drug-likeness (QED) is 0.420. The van der Waals surface area contributed by atoms with Gasteiger partial charge in [-0.1, -0.05) is 35.6 Å². The minimum absolute atomic E-state index is 0.0380. The Morgan fingerprint density at radius 3 is 1.77 bits per heavy atom. The van der Waals surface area contributed by atoms with Gasteiger partial charge >= 0.3 is 0 Å². The first kappa shape index (κ1) is 13.7. The predicted molar refractivity (Wildman–Crippen MR) is 70.9 cm³/mol. The second kappa shape index (κ2) is 6.23. The summed E-state index contributed by atoms with van der Waals surface area (Å²) in [6.07, 6.45) is 0. The van der Waals surface area contributed by atoms with Gasteiger partial charge in [0.25, 0.3) is 0 Å². The Bertz CT molecular complexity index is 179. The number of rotatable bonds is 4. The van der Waals surface area contributed by atoms with Crippen LogP contribution in [0.3, 0.4) is 0 Å². The molecule has 0 aromatic heterocycles. The van der Waals surface area contributed by atoms with Gasteiger partial charge in [0.1, 0.15) is 0 Å². The van der Waals surface area contributed by atoms with Crippen LogP contribution in [0.25, 0.3) is 0 Å². The van der Waals surface area contributed by atoms with E-state index in [1.54, 1.807) is 7.11 Å². The van der Waals surface area contributed by atoms with Gasteiger partial charge in [-0.15, -0.1) is 0 Å². The topological polar surface area (TPSA) is 9.23 Å². The van der Waals surface area contributed by atoms with Crippen LogP contribution < -0.4 is 0 Å². The molecule has 3 heteroatoms. The summed E-state index contributed by atoms with van der Waals surface area (Å²) >= 11 is 2.29. The predicted octanol–water partition coefficient (Wildman–Crippen LogP) is 4.56. The minimum Gasteiger partial charge on any atom is -0.491 e. The standard InChI is InChI=1S/C10H20IOP/c1-7(2)13(8(3)4)9(5)10(11)12-6/h7-8H,1-6H3/b10-9+. The lowest BCUT2D eigenvalue weighted by Gasteiger charge is -2.27. The highest BCUT2D eigenvalue weighted by Crippen LogP contribution is 2.54. The van der Waals surface area contributed by atoms with Gasteiger partial charge in [-0.25, -0.2) is 0 Å². The van der Waals surface area contributed by atoms with Gasteiger partial charge in [-0.3, -0.25) is 0 Å². The molecule has 0 spiro atoms. The van der Waals surface area contributed by atoms with Crippen molar-refractivity contribution in [2.45, 2.75) is 45.9 Å². The van der Waals surface area contributed by atoms with Gasteiger partial charge in [-0.05, 0) is 46.1 Å². The van der Waals surface area contributed by atoms with E-state index in [1.165, 1.54) is 5.31 Å². The summed E-state index contributed by atoms with van der Waals surface area (Å²) in [4.78, 5) is 0.